The summed E-state index contributed by atoms with van der Waals surface area (Å²) < 4.78 is 16.8. The Morgan fingerprint density at radius 3 is 2.64 bits per heavy atom. The summed E-state index contributed by atoms with van der Waals surface area (Å²) in [7, 11) is 3.08. The van der Waals surface area contributed by atoms with Crippen molar-refractivity contribution in [2.75, 3.05) is 37.9 Å². The Labute approximate surface area is 189 Å². The fourth-order valence-corrected chi connectivity index (χ4v) is 3.70. The van der Waals surface area contributed by atoms with E-state index in [1.165, 1.54) is 18.0 Å². The van der Waals surface area contributed by atoms with Crippen LogP contribution in [-0.4, -0.2) is 64.7 Å². The fraction of sp³-hybridized carbons (Fsp3) is 0.400. The number of carbonyl (C=O) groups is 1. The molecule has 2 aromatic heterocycles. The third-order valence-electron chi connectivity index (χ3n) is 5.27. The molecule has 3 N–H and O–H groups in total. The van der Waals surface area contributed by atoms with Crippen LogP contribution in [0.15, 0.2) is 27.9 Å². The molecule has 0 atom stereocenters. The van der Waals surface area contributed by atoms with Crippen LogP contribution in [0.2, 0.25) is 0 Å². The number of nitrogen functional groups attached to an aromatic ring is 1. The molecule has 0 aliphatic carbocycles. The van der Waals surface area contributed by atoms with E-state index >= 15 is 0 Å². The topological polar surface area (TPSA) is 159 Å². The van der Waals surface area contributed by atoms with Gasteiger partial charge in [0, 0.05) is 18.7 Å². The summed E-state index contributed by atoms with van der Waals surface area (Å²) in [5, 5.41) is 19.7. The molecule has 1 amide bonds. The van der Waals surface area contributed by atoms with Crippen LogP contribution in [0.25, 0.3) is 5.82 Å². The minimum atomic E-state index is -0.534. The van der Waals surface area contributed by atoms with E-state index in [4.69, 9.17) is 19.8 Å². The molecule has 0 spiro atoms. The van der Waals surface area contributed by atoms with Crippen LogP contribution in [0.5, 0.6) is 11.5 Å². The Bertz CT molecular complexity index is 1130. The first-order valence-corrected chi connectivity index (χ1v) is 10.5. The van der Waals surface area contributed by atoms with Gasteiger partial charge in [-0.05, 0) is 35.3 Å². The van der Waals surface area contributed by atoms with Gasteiger partial charge in [-0.1, -0.05) is 24.1 Å². The number of carbonyl (C=O) groups excluding carboxylic acids is 1. The van der Waals surface area contributed by atoms with E-state index < -0.39 is 5.91 Å². The van der Waals surface area contributed by atoms with Gasteiger partial charge in [0.1, 0.15) is 0 Å². The smallest absolute Gasteiger partial charge is 0.295 e. The van der Waals surface area contributed by atoms with Crippen LogP contribution in [0, 0.1) is 0 Å². The van der Waals surface area contributed by atoms with Gasteiger partial charge in [-0.3, -0.25) is 4.79 Å². The Balaban J connectivity index is 1.62. The van der Waals surface area contributed by atoms with Gasteiger partial charge in [0.25, 0.3) is 5.91 Å². The first-order chi connectivity index (χ1) is 16.1. The second-order valence-corrected chi connectivity index (χ2v) is 7.33. The molecular weight excluding hydrogens is 430 g/mol. The second-order valence-electron chi connectivity index (χ2n) is 7.33. The number of methoxy groups -OCH3 is 2. The van der Waals surface area contributed by atoms with Crippen LogP contribution in [0.3, 0.4) is 0 Å². The quantitative estimate of drug-likeness (QED) is 0.394. The summed E-state index contributed by atoms with van der Waals surface area (Å²) in [6.07, 6.45) is 5.65. The van der Waals surface area contributed by atoms with Gasteiger partial charge in [0.05, 0.1) is 20.4 Å². The number of aromatic nitrogens is 5. The number of nitrogens with one attached hydrogen (secondary N) is 1. The minimum absolute atomic E-state index is 0.0473. The van der Waals surface area contributed by atoms with E-state index in [9.17, 15) is 4.79 Å². The number of rotatable bonds is 7. The van der Waals surface area contributed by atoms with Crippen LogP contribution in [-0.2, 0) is 0 Å². The van der Waals surface area contributed by atoms with E-state index in [0.29, 0.717) is 22.9 Å². The molecule has 3 heterocycles. The Morgan fingerprint density at radius 2 is 1.97 bits per heavy atom. The highest BCUT2D eigenvalue weighted by atomic mass is 16.6. The molecule has 1 fully saturated rings. The molecule has 174 valence electrons. The summed E-state index contributed by atoms with van der Waals surface area (Å²) in [4.78, 5) is 15.1. The molecule has 1 aromatic carbocycles. The van der Waals surface area contributed by atoms with Crippen LogP contribution in [0.4, 0.5) is 11.6 Å². The zero-order valence-corrected chi connectivity index (χ0v) is 18.4. The molecule has 0 unspecified atom stereocenters. The van der Waals surface area contributed by atoms with Gasteiger partial charge >= 0.3 is 0 Å². The second kappa shape index (κ2) is 9.97. The third kappa shape index (κ3) is 4.56. The Hall–Kier alpha value is -4.16. The minimum Gasteiger partial charge on any atom is -0.493 e. The number of benzene rings is 1. The number of nitrogens with zero attached hydrogens (tertiary/aromatic N) is 7. The summed E-state index contributed by atoms with van der Waals surface area (Å²) in [5.41, 5.74) is 9.09. The van der Waals surface area contributed by atoms with Crippen molar-refractivity contribution in [2.45, 2.75) is 25.7 Å². The molecule has 4 rings (SSSR count). The lowest BCUT2D eigenvalue weighted by Crippen LogP contribution is -2.30. The maximum absolute atomic E-state index is 13.0. The van der Waals surface area contributed by atoms with Gasteiger partial charge in [0.2, 0.25) is 11.6 Å². The number of amides is 1. The van der Waals surface area contributed by atoms with Crippen molar-refractivity contribution in [3.63, 3.8) is 0 Å². The Kier molecular flexibility index (Phi) is 6.66. The lowest BCUT2D eigenvalue weighted by atomic mass is 10.2. The van der Waals surface area contributed by atoms with E-state index in [1.54, 1.807) is 25.3 Å². The average molecular weight is 455 g/mol. The summed E-state index contributed by atoms with van der Waals surface area (Å²) in [6.45, 7) is 1.48. The zero-order chi connectivity index (χ0) is 23.2. The molecule has 1 aliphatic heterocycles. The number of hydrazone groups is 1. The van der Waals surface area contributed by atoms with Crippen molar-refractivity contribution in [1.82, 2.24) is 30.7 Å². The summed E-state index contributed by atoms with van der Waals surface area (Å²) in [5.74, 6) is 1.21. The van der Waals surface area contributed by atoms with Gasteiger partial charge < -0.3 is 20.1 Å². The lowest BCUT2D eigenvalue weighted by Gasteiger charge is -2.22. The molecule has 0 radical (unpaired) electrons. The van der Waals surface area contributed by atoms with Crippen molar-refractivity contribution in [2.24, 2.45) is 5.10 Å². The lowest BCUT2D eigenvalue weighted by molar-refractivity contribution is 0.0950. The predicted molar refractivity (Wildman–Crippen MR) is 119 cm³/mol. The first kappa shape index (κ1) is 22.0. The van der Waals surface area contributed by atoms with Crippen LogP contribution in [0.1, 0.15) is 41.7 Å². The normalized spacial score (nSPS) is 14.3. The maximum atomic E-state index is 13.0. The largest absolute Gasteiger partial charge is 0.493 e. The van der Waals surface area contributed by atoms with Gasteiger partial charge in [-0.2, -0.15) is 9.78 Å². The van der Waals surface area contributed by atoms with Crippen molar-refractivity contribution < 1.29 is 18.9 Å². The van der Waals surface area contributed by atoms with Crippen LogP contribution < -0.4 is 25.5 Å². The van der Waals surface area contributed by atoms with Crippen molar-refractivity contribution >= 4 is 23.8 Å². The molecule has 0 saturated carbocycles. The molecular formula is C20H25N9O4. The standard InChI is InChI=1S/C20H25N9O4/c1-31-14-9-7-8-13(16(14)32-2)12-22-24-19(30)15-20(28-10-5-3-4-6-11-28)29(27-23-15)18-17(21)25-33-26-18/h7-9,12H,3-6,10-11H2,1-2H3,(H2,21,25)(H,24,30). The highest BCUT2D eigenvalue weighted by Gasteiger charge is 2.28. The van der Waals surface area contributed by atoms with Crippen LogP contribution >= 0.6 is 0 Å². The van der Waals surface area contributed by atoms with E-state index in [1.807, 2.05) is 4.90 Å². The monoisotopic (exact) mass is 455 g/mol. The van der Waals surface area contributed by atoms with Crippen molar-refractivity contribution in [1.29, 1.82) is 0 Å². The first-order valence-electron chi connectivity index (χ1n) is 10.5. The van der Waals surface area contributed by atoms with Gasteiger partial charge in [-0.15, -0.1) is 5.10 Å². The van der Waals surface area contributed by atoms with E-state index in [-0.39, 0.29) is 17.3 Å². The van der Waals surface area contributed by atoms with E-state index in [0.717, 1.165) is 38.8 Å². The number of hydrogen-bond donors (Lipinski definition) is 2. The number of ether oxygens (including phenoxy) is 2. The zero-order valence-electron chi connectivity index (χ0n) is 18.4. The molecule has 3 aromatic rings. The highest BCUT2D eigenvalue weighted by Crippen LogP contribution is 2.29. The number of para-hydroxylation sites is 1. The number of anilines is 2. The predicted octanol–water partition coefficient (Wildman–Crippen LogP) is 1.39. The van der Waals surface area contributed by atoms with Gasteiger partial charge in [0.15, 0.2) is 23.0 Å². The van der Waals surface area contributed by atoms with E-state index in [2.05, 4.69) is 31.2 Å². The summed E-state index contributed by atoms with van der Waals surface area (Å²) >= 11 is 0. The number of nitrogens with two attached hydrogens (primary N) is 1. The fourth-order valence-electron chi connectivity index (χ4n) is 3.70. The third-order valence-corrected chi connectivity index (χ3v) is 5.27. The molecule has 13 nitrogen and oxygen atoms in total. The molecule has 13 heteroatoms. The van der Waals surface area contributed by atoms with Gasteiger partial charge in [-0.25, -0.2) is 10.1 Å². The average Bonchev–Trinajstić information content (AvgIpc) is 3.35. The maximum Gasteiger partial charge on any atom is 0.295 e. The highest BCUT2D eigenvalue weighted by molar-refractivity contribution is 5.98. The molecule has 1 aliphatic rings. The van der Waals surface area contributed by atoms with Crippen molar-refractivity contribution in [3.05, 3.63) is 29.5 Å². The molecule has 1 saturated heterocycles. The van der Waals surface area contributed by atoms with Crippen molar-refractivity contribution in [3.8, 4) is 17.3 Å². The Morgan fingerprint density at radius 1 is 1.18 bits per heavy atom. The summed E-state index contributed by atoms with van der Waals surface area (Å²) in [6, 6.07) is 5.35. The SMILES string of the molecule is COc1cccc(C=NNC(=O)c2nnn(-c3nonc3N)c2N2CCCCCC2)c1OC. The number of hydrogen-bond acceptors (Lipinski definition) is 11. The molecule has 0 bridgehead atoms. The molecule has 33 heavy (non-hydrogen) atoms.